The van der Waals surface area contributed by atoms with E-state index in [-0.39, 0.29) is 6.04 Å². The van der Waals surface area contributed by atoms with E-state index < -0.39 is 6.10 Å². The van der Waals surface area contributed by atoms with Gasteiger partial charge in [-0.3, -0.25) is 0 Å². The summed E-state index contributed by atoms with van der Waals surface area (Å²) in [5, 5.41) is 10.1. The van der Waals surface area contributed by atoms with Crippen LogP contribution in [-0.4, -0.2) is 17.3 Å². The Morgan fingerprint density at radius 2 is 1.37 bits per heavy atom. The molecule has 2 rings (SSSR count). The number of rotatable bonds is 6. The lowest BCUT2D eigenvalue weighted by Crippen LogP contribution is -2.36. The summed E-state index contributed by atoms with van der Waals surface area (Å²) in [5.41, 5.74) is 8.48. The largest absolute Gasteiger partial charge is 0.391 e. The topological polar surface area (TPSA) is 46.2 Å². The van der Waals surface area contributed by atoms with Gasteiger partial charge in [0, 0.05) is 6.04 Å². The zero-order chi connectivity index (χ0) is 13.5. The molecule has 0 radical (unpaired) electrons. The van der Waals surface area contributed by atoms with Crippen LogP contribution in [0.2, 0.25) is 0 Å². The fraction of sp³-hybridized carbons (Fsp3) is 0.294. The van der Waals surface area contributed by atoms with E-state index in [1.54, 1.807) is 0 Å². The van der Waals surface area contributed by atoms with Gasteiger partial charge < -0.3 is 10.8 Å². The standard InChI is InChI=1S/C17H21NO/c18-16(13-15-9-5-2-6-10-15)17(19)12-11-14-7-3-1-4-8-14/h1-10,16-17,19H,11-13,18H2. The van der Waals surface area contributed by atoms with E-state index in [0.29, 0.717) is 6.42 Å². The van der Waals surface area contributed by atoms with Gasteiger partial charge in [-0.2, -0.15) is 0 Å². The van der Waals surface area contributed by atoms with Gasteiger partial charge in [0.15, 0.2) is 0 Å². The molecular weight excluding hydrogens is 234 g/mol. The summed E-state index contributed by atoms with van der Waals surface area (Å²) in [6.45, 7) is 0. The first kappa shape index (κ1) is 13.8. The summed E-state index contributed by atoms with van der Waals surface area (Å²) < 4.78 is 0. The highest BCUT2D eigenvalue weighted by atomic mass is 16.3. The van der Waals surface area contributed by atoms with Crippen molar-refractivity contribution in [2.75, 3.05) is 0 Å². The van der Waals surface area contributed by atoms with Crippen LogP contribution < -0.4 is 5.73 Å². The summed E-state index contributed by atoms with van der Waals surface area (Å²) in [4.78, 5) is 0. The highest BCUT2D eigenvalue weighted by molar-refractivity contribution is 5.17. The van der Waals surface area contributed by atoms with Crippen molar-refractivity contribution in [2.24, 2.45) is 5.73 Å². The van der Waals surface area contributed by atoms with Crippen LogP contribution in [0.4, 0.5) is 0 Å². The Hall–Kier alpha value is -1.64. The number of benzene rings is 2. The maximum absolute atomic E-state index is 10.1. The normalized spacial score (nSPS) is 14.0. The average Bonchev–Trinajstić information content (AvgIpc) is 2.47. The molecule has 19 heavy (non-hydrogen) atoms. The number of hydrogen-bond acceptors (Lipinski definition) is 2. The second-order valence-electron chi connectivity index (χ2n) is 4.95. The number of aliphatic hydroxyl groups excluding tert-OH is 1. The van der Waals surface area contributed by atoms with Crippen LogP contribution in [0.3, 0.4) is 0 Å². The van der Waals surface area contributed by atoms with E-state index in [2.05, 4.69) is 12.1 Å². The van der Waals surface area contributed by atoms with Crippen molar-refractivity contribution in [3.63, 3.8) is 0 Å². The van der Waals surface area contributed by atoms with Crippen LogP contribution in [0.15, 0.2) is 60.7 Å². The first-order valence-electron chi connectivity index (χ1n) is 6.77. The SMILES string of the molecule is NC(Cc1ccccc1)C(O)CCc1ccccc1. The highest BCUT2D eigenvalue weighted by Gasteiger charge is 2.14. The molecule has 0 fully saturated rings. The minimum atomic E-state index is -0.458. The molecule has 0 aliphatic rings. The van der Waals surface area contributed by atoms with Gasteiger partial charge in [0.05, 0.1) is 6.10 Å². The Balaban J connectivity index is 1.81. The quantitative estimate of drug-likeness (QED) is 0.833. The minimum absolute atomic E-state index is 0.203. The van der Waals surface area contributed by atoms with Gasteiger partial charge >= 0.3 is 0 Å². The van der Waals surface area contributed by atoms with Crippen molar-refractivity contribution in [3.8, 4) is 0 Å². The molecule has 0 aromatic heterocycles. The summed E-state index contributed by atoms with van der Waals surface area (Å²) in [6.07, 6.45) is 1.83. The van der Waals surface area contributed by atoms with Gasteiger partial charge in [-0.25, -0.2) is 0 Å². The molecule has 3 N–H and O–H groups in total. The van der Waals surface area contributed by atoms with Gasteiger partial charge in [-0.15, -0.1) is 0 Å². The third-order valence-electron chi connectivity index (χ3n) is 3.38. The molecule has 0 aliphatic carbocycles. The zero-order valence-electron chi connectivity index (χ0n) is 11.1. The van der Waals surface area contributed by atoms with Gasteiger partial charge in [0.25, 0.3) is 0 Å². The second-order valence-corrected chi connectivity index (χ2v) is 4.95. The fourth-order valence-electron chi connectivity index (χ4n) is 2.20. The monoisotopic (exact) mass is 255 g/mol. The molecule has 2 unspecified atom stereocenters. The second kappa shape index (κ2) is 7.07. The number of hydrogen-bond donors (Lipinski definition) is 2. The highest BCUT2D eigenvalue weighted by Crippen LogP contribution is 2.10. The van der Waals surface area contributed by atoms with Crippen LogP contribution in [0.5, 0.6) is 0 Å². The Labute approximate surface area is 114 Å². The zero-order valence-corrected chi connectivity index (χ0v) is 11.1. The summed E-state index contributed by atoms with van der Waals surface area (Å²) in [5.74, 6) is 0. The lowest BCUT2D eigenvalue weighted by Gasteiger charge is -2.19. The first-order chi connectivity index (χ1) is 9.25. The maximum Gasteiger partial charge on any atom is 0.0697 e. The minimum Gasteiger partial charge on any atom is -0.391 e. The van der Waals surface area contributed by atoms with E-state index in [0.717, 1.165) is 12.8 Å². The fourth-order valence-corrected chi connectivity index (χ4v) is 2.20. The summed E-state index contributed by atoms with van der Waals surface area (Å²) in [6, 6.07) is 20.1. The van der Waals surface area contributed by atoms with Crippen molar-refractivity contribution in [1.82, 2.24) is 0 Å². The molecule has 0 heterocycles. The third kappa shape index (κ3) is 4.51. The molecule has 2 heteroatoms. The van der Waals surface area contributed by atoms with Crippen LogP contribution in [0.1, 0.15) is 17.5 Å². The van der Waals surface area contributed by atoms with Crippen molar-refractivity contribution in [1.29, 1.82) is 0 Å². The third-order valence-corrected chi connectivity index (χ3v) is 3.38. The van der Waals surface area contributed by atoms with Gasteiger partial charge in [0.1, 0.15) is 0 Å². The summed E-state index contributed by atoms with van der Waals surface area (Å²) in [7, 11) is 0. The van der Waals surface area contributed by atoms with Gasteiger partial charge in [0.2, 0.25) is 0 Å². The van der Waals surface area contributed by atoms with Gasteiger partial charge in [-0.1, -0.05) is 60.7 Å². The van der Waals surface area contributed by atoms with Gasteiger partial charge in [-0.05, 0) is 30.4 Å². The van der Waals surface area contributed by atoms with Crippen molar-refractivity contribution in [3.05, 3.63) is 71.8 Å². The summed E-state index contributed by atoms with van der Waals surface area (Å²) >= 11 is 0. The van der Waals surface area contributed by atoms with E-state index >= 15 is 0 Å². The lowest BCUT2D eigenvalue weighted by atomic mass is 9.97. The Morgan fingerprint density at radius 1 is 0.842 bits per heavy atom. The van der Waals surface area contributed by atoms with Crippen molar-refractivity contribution in [2.45, 2.75) is 31.4 Å². The molecular formula is C17H21NO. The van der Waals surface area contributed by atoms with Crippen LogP contribution in [0, 0.1) is 0 Å². The maximum atomic E-state index is 10.1. The predicted molar refractivity (Wildman–Crippen MR) is 78.9 cm³/mol. The molecule has 2 atom stereocenters. The number of aliphatic hydroxyl groups is 1. The lowest BCUT2D eigenvalue weighted by molar-refractivity contribution is 0.135. The smallest absolute Gasteiger partial charge is 0.0697 e. The van der Waals surface area contributed by atoms with E-state index in [1.165, 1.54) is 11.1 Å². The molecule has 0 bridgehead atoms. The molecule has 2 nitrogen and oxygen atoms in total. The Kier molecular flexibility index (Phi) is 5.13. The number of aryl methyl sites for hydroxylation is 1. The molecule has 0 saturated heterocycles. The van der Waals surface area contributed by atoms with E-state index in [4.69, 9.17) is 5.73 Å². The molecule has 2 aromatic rings. The van der Waals surface area contributed by atoms with E-state index in [9.17, 15) is 5.11 Å². The molecule has 2 aromatic carbocycles. The van der Waals surface area contributed by atoms with Crippen molar-refractivity contribution < 1.29 is 5.11 Å². The first-order valence-corrected chi connectivity index (χ1v) is 6.77. The average molecular weight is 255 g/mol. The van der Waals surface area contributed by atoms with E-state index in [1.807, 2.05) is 48.5 Å². The molecule has 0 aliphatic heterocycles. The Morgan fingerprint density at radius 3 is 1.95 bits per heavy atom. The van der Waals surface area contributed by atoms with Crippen LogP contribution >= 0.6 is 0 Å². The molecule has 0 amide bonds. The van der Waals surface area contributed by atoms with Crippen LogP contribution in [-0.2, 0) is 12.8 Å². The predicted octanol–water partition coefficient (Wildman–Crippen LogP) is 2.55. The Bertz CT molecular complexity index is 469. The van der Waals surface area contributed by atoms with Crippen molar-refractivity contribution >= 4 is 0 Å². The van der Waals surface area contributed by atoms with Crippen LogP contribution in [0.25, 0.3) is 0 Å². The number of nitrogens with two attached hydrogens (primary N) is 1. The molecule has 0 saturated carbocycles. The molecule has 100 valence electrons. The molecule has 0 spiro atoms.